The Kier molecular flexibility index (Phi) is 6.07. The highest BCUT2D eigenvalue weighted by molar-refractivity contribution is 5.97. The summed E-state index contributed by atoms with van der Waals surface area (Å²) in [7, 11) is 0. The summed E-state index contributed by atoms with van der Waals surface area (Å²) in [4.78, 5) is 35.8. The predicted octanol–water partition coefficient (Wildman–Crippen LogP) is 2.99. The molecule has 0 radical (unpaired) electrons. The zero-order chi connectivity index (χ0) is 18.5. The third-order valence-electron chi connectivity index (χ3n) is 5.31. The molecule has 0 saturated heterocycles. The first-order valence-corrected chi connectivity index (χ1v) is 9.63. The monoisotopic (exact) mass is 357 g/mol. The zero-order valence-electron chi connectivity index (χ0n) is 15.4. The van der Waals surface area contributed by atoms with Gasteiger partial charge in [-0.2, -0.15) is 0 Å². The van der Waals surface area contributed by atoms with Gasteiger partial charge in [-0.25, -0.2) is 0 Å². The van der Waals surface area contributed by atoms with Crippen LogP contribution >= 0.6 is 0 Å². The van der Waals surface area contributed by atoms with Crippen molar-refractivity contribution in [2.45, 2.75) is 64.3 Å². The lowest BCUT2D eigenvalue weighted by molar-refractivity contribution is -0.148. The molecule has 140 valence electrons. The van der Waals surface area contributed by atoms with Gasteiger partial charge in [-0.1, -0.05) is 12.1 Å². The number of benzene rings is 1. The Labute approximate surface area is 154 Å². The van der Waals surface area contributed by atoms with Crippen molar-refractivity contribution in [2.75, 3.05) is 6.61 Å². The van der Waals surface area contributed by atoms with Crippen LogP contribution in [0, 0.1) is 5.92 Å². The molecule has 3 rings (SSSR count). The normalized spacial score (nSPS) is 17.1. The summed E-state index contributed by atoms with van der Waals surface area (Å²) in [6, 6.07) is 5.98. The van der Waals surface area contributed by atoms with Gasteiger partial charge in [0, 0.05) is 18.0 Å². The van der Waals surface area contributed by atoms with E-state index in [1.807, 2.05) is 25.1 Å². The second-order valence-electron chi connectivity index (χ2n) is 7.47. The molecule has 1 fully saturated rings. The molecule has 0 aromatic heterocycles. The van der Waals surface area contributed by atoms with Crippen molar-refractivity contribution in [2.24, 2.45) is 5.92 Å². The number of aryl methyl sites for hydroxylation is 2. The van der Waals surface area contributed by atoms with E-state index in [2.05, 4.69) is 5.32 Å². The van der Waals surface area contributed by atoms with Crippen molar-refractivity contribution >= 4 is 17.7 Å². The van der Waals surface area contributed by atoms with Crippen molar-refractivity contribution in [3.8, 4) is 0 Å². The van der Waals surface area contributed by atoms with Crippen LogP contribution in [0.2, 0.25) is 0 Å². The molecule has 5 nitrogen and oxygen atoms in total. The minimum Gasteiger partial charge on any atom is -0.456 e. The Bertz CT molecular complexity index is 693. The molecule has 1 amide bonds. The lowest BCUT2D eigenvalue weighted by atomic mass is 9.89. The lowest BCUT2D eigenvalue weighted by Crippen LogP contribution is -2.37. The van der Waals surface area contributed by atoms with Gasteiger partial charge in [0.05, 0.1) is 6.42 Å². The maximum atomic E-state index is 12.3. The number of carbonyl (C=O) groups is 3. The van der Waals surface area contributed by atoms with Crippen molar-refractivity contribution in [1.29, 1.82) is 0 Å². The number of fused-ring (bicyclic) bond motifs is 1. The molecule has 0 aliphatic heterocycles. The molecule has 0 heterocycles. The Morgan fingerprint density at radius 3 is 2.58 bits per heavy atom. The molecule has 0 bridgehead atoms. The molecule has 1 aromatic rings. The summed E-state index contributed by atoms with van der Waals surface area (Å²) < 4.78 is 4.98. The van der Waals surface area contributed by atoms with Crippen LogP contribution in [0.1, 0.15) is 66.9 Å². The number of hydrogen-bond acceptors (Lipinski definition) is 4. The SMILES string of the molecule is CC(NC(=O)COC(=O)CCC(=O)c1ccc2c(c1)CCCC2)C1CC1. The van der Waals surface area contributed by atoms with Gasteiger partial charge < -0.3 is 10.1 Å². The standard InChI is InChI=1S/C21H27NO4/c1-14(15-6-7-15)22-20(24)13-26-21(25)11-10-19(23)18-9-8-16-4-2-3-5-17(16)12-18/h8-9,12,14-15H,2-7,10-11,13H2,1H3,(H,22,24). The number of nitrogens with one attached hydrogen (secondary N) is 1. The summed E-state index contributed by atoms with van der Waals surface area (Å²) >= 11 is 0. The number of Topliss-reactive ketones (excluding diaryl/α,β-unsaturated/α-hetero) is 1. The minimum atomic E-state index is -0.509. The quantitative estimate of drug-likeness (QED) is 0.573. The second-order valence-corrected chi connectivity index (χ2v) is 7.47. The number of amides is 1. The largest absolute Gasteiger partial charge is 0.456 e. The van der Waals surface area contributed by atoms with E-state index >= 15 is 0 Å². The molecule has 2 aliphatic rings. The van der Waals surface area contributed by atoms with Gasteiger partial charge in [-0.15, -0.1) is 0 Å². The molecule has 26 heavy (non-hydrogen) atoms. The fourth-order valence-electron chi connectivity index (χ4n) is 3.49. The van der Waals surface area contributed by atoms with Crippen molar-refractivity contribution < 1.29 is 19.1 Å². The maximum absolute atomic E-state index is 12.3. The van der Waals surface area contributed by atoms with Gasteiger partial charge in [0.15, 0.2) is 12.4 Å². The van der Waals surface area contributed by atoms with E-state index < -0.39 is 5.97 Å². The number of esters is 1. The zero-order valence-corrected chi connectivity index (χ0v) is 15.4. The fraction of sp³-hybridized carbons (Fsp3) is 0.571. The van der Waals surface area contributed by atoms with Crippen LogP contribution in [0.25, 0.3) is 0 Å². The molecule has 2 aliphatic carbocycles. The average molecular weight is 357 g/mol. The van der Waals surface area contributed by atoms with Gasteiger partial charge in [0.2, 0.25) is 0 Å². The molecule has 5 heteroatoms. The molecule has 0 spiro atoms. The average Bonchev–Trinajstić information content (AvgIpc) is 3.49. The van der Waals surface area contributed by atoms with Crippen LogP contribution in [0.4, 0.5) is 0 Å². The molecular weight excluding hydrogens is 330 g/mol. The Morgan fingerprint density at radius 1 is 1.12 bits per heavy atom. The second kappa shape index (κ2) is 8.47. The fourth-order valence-corrected chi connectivity index (χ4v) is 3.49. The van der Waals surface area contributed by atoms with Gasteiger partial charge in [-0.3, -0.25) is 14.4 Å². The molecule has 1 N–H and O–H groups in total. The topological polar surface area (TPSA) is 72.5 Å². The molecule has 1 saturated carbocycles. The summed E-state index contributed by atoms with van der Waals surface area (Å²) in [6.45, 7) is 1.69. The van der Waals surface area contributed by atoms with E-state index in [9.17, 15) is 14.4 Å². The highest BCUT2D eigenvalue weighted by Gasteiger charge is 2.29. The minimum absolute atomic E-state index is 0.00137. The van der Waals surface area contributed by atoms with Crippen LogP contribution in [0.3, 0.4) is 0 Å². The first kappa shape index (κ1) is 18.6. The summed E-state index contributed by atoms with van der Waals surface area (Å²) in [6.07, 6.45) is 6.87. The Morgan fingerprint density at radius 2 is 1.85 bits per heavy atom. The van der Waals surface area contributed by atoms with Crippen LogP contribution in [-0.4, -0.2) is 30.3 Å². The van der Waals surface area contributed by atoms with E-state index in [0.717, 1.165) is 25.7 Å². The first-order chi connectivity index (χ1) is 12.5. The third kappa shape index (κ3) is 5.16. The van der Waals surface area contributed by atoms with Gasteiger partial charge in [-0.05, 0) is 68.6 Å². The Hall–Kier alpha value is -2.17. The third-order valence-corrected chi connectivity index (χ3v) is 5.31. The van der Waals surface area contributed by atoms with E-state index in [1.54, 1.807) is 0 Å². The number of ketones is 1. The number of rotatable bonds is 8. The molecule has 1 atom stereocenters. The number of ether oxygens (including phenoxy) is 1. The number of carbonyl (C=O) groups excluding carboxylic acids is 3. The van der Waals surface area contributed by atoms with E-state index in [1.165, 1.54) is 24.0 Å². The Balaban J connectivity index is 1.39. The van der Waals surface area contributed by atoms with E-state index in [0.29, 0.717) is 11.5 Å². The molecular formula is C21H27NO4. The smallest absolute Gasteiger partial charge is 0.306 e. The van der Waals surface area contributed by atoms with Crippen molar-refractivity contribution in [3.05, 3.63) is 34.9 Å². The maximum Gasteiger partial charge on any atom is 0.306 e. The van der Waals surface area contributed by atoms with Crippen LogP contribution in [-0.2, 0) is 27.2 Å². The van der Waals surface area contributed by atoms with Crippen molar-refractivity contribution in [3.63, 3.8) is 0 Å². The van der Waals surface area contributed by atoms with Gasteiger partial charge in [0.25, 0.3) is 5.91 Å². The van der Waals surface area contributed by atoms with Crippen LogP contribution in [0.15, 0.2) is 18.2 Å². The van der Waals surface area contributed by atoms with Crippen molar-refractivity contribution in [1.82, 2.24) is 5.32 Å². The van der Waals surface area contributed by atoms with Gasteiger partial charge >= 0.3 is 5.97 Å². The summed E-state index contributed by atoms with van der Waals surface area (Å²) in [5.41, 5.74) is 3.25. The van der Waals surface area contributed by atoms with Crippen LogP contribution in [0.5, 0.6) is 0 Å². The lowest BCUT2D eigenvalue weighted by Gasteiger charge is -2.16. The number of hydrogen-bond donors (Lipinski definition) is 1. The van der Waals surface area contributed by atoms with E-state index in [-0.39, 0.29) is 37.2 Å². The highest BCUT2D eigenvalue weighted by atomic mass is 16.5. The first-order valence-electron chi connectivity index (χ1n) is 9.63. The highest BCUT2D eigenvalue weighted by Crippen LogP contribution is 2.32. The summed E-state index contributed by atoms with van der Waals surface area (Å²) in [5.74, 6) is -0.282. The molecule has 1 aromatic carbocycles. The van der Waals surface area contributed by atoms with Crippen LogP contribution < -0.4 is 5.32 Å². The predicted molar refractivity (Wildman–Crippen MR) is 97.9 cm³/mol. The summed E-state index contributed by atoms with van der Waals surface area (Å²) in [5, 5.41) is 2.83. The van der Waals surface area contributed by atoms with E-state index in [4.69, 9.17) is 4.74 Å². The molecule has 1 unspecified atom stereocenters. The van der Waals surface area contributed by atoms with Gasteiger partial charge in [0.1, 0.15) is 0 Å².